The average molecular weight is 414 g/mol. The van der Waals surface area contributed by atoms with E-state index < -0.39 is 40.6 Å². The second kappa shape index (κ2) is 8.09. The van der Waals surface area contributed by atoms with Crippen LogP contribution in [0.15, 0.2) is 12.1 Å². The number of thiazole rings is 1. The Morgan fingerprint density at radius 3 is 2.25 bits per heavy atom. The molecule has 1 aromatic carbocycles. The van der Waals surface area contributed by atoms with Gasteiger partial charge in [-0.2, -0.15) is 0 Å². The Morgan fingerprint density at radius 1 is 1.21 bits per heavy atom. The number of anilines is 1. The van der Waals surface area contributed by atoms with Gasteiger partial charge in [0.2, 0.25) is 0 Å². The van der Waals surface area contributed by atoms with Crippen LogP contribution in [0.25, 0.3) is 10.6 Å². The van der Waals surface area contributed by atoms with Gasteiger partial charge in [0.1, 0.15) is 33.0 Å². The predicted octanol–water partition coefficient (Wildman–Crippen LogP) is 4.92. The number of carboxylic acid groups (broad SMARTS) is 1. The Balaban J connectivity index is 2.42. The van der Waals surface area contributed by atoms with Gasteiger partial charge in [0.25, 0.3) is 0 Å². The number of nitrogens with zero attached hydrogens (tertiary/aromatic N) is 1. The first kappa shape index (κ1) is 21.5. The van der Waals surface area contributed by atoms with E-state index in [1.54, 1.807) is 34.6 Å². The van der Waals surface area contributed by atoms with Gasteiger partial charge >= 0.3 is 12.1 Å². The molecule has 0 unspecified atom stereocenters. The maximum absolute atomic E-state index is 14.5. The smallest absolute Gasteiger partial charge is 0.412 e. The highest BCUT2D eigenvalue weighted by atomic mass is 32.1. The molecule has 0 bridgehead atoms. The molecule has 0 atom stereocenters. The first-order valence-corrected chi connectivity index (χ1v) is 9.09. The van der Waals surface area contributed by atoms with E-state index in [2.05, 4.69) is 10.3 Å². The summed E-state index contributed by atoms with van der Waals surface area (Å²) in [7, 11) is 0. The van der Waals surface area contributed by atoms with Crippen LogP contribution in [-0.2, 0) is 4.74 Å². The first-order chi connectivity index (χ1) is 12.9. The molecular weight excluding hydrogens is 394 g/mol. The summed E-state index contributed by atoms with van der Waals surface area (Å²) in [5.74, 6) is -3.40. The number of benzene rings is 1. The highest BCUT2D eigenvalue weighted by molar-refractivity contribution is 7.19. The maximum atomic E-state index is 14.5. The molecule has 0 saturated heterocycles. The van der Waals surface area contributed by atoms with E-state index in [1.165, 1.54) is 0 Å². The van der Waals surface area contributed by atoms with E-state index in [4.69, 9.17) is 9.47 Å². The van der Waals surface area contributed by atoms with Crippen LogP contribution < -0.4 is 10.1 Å². The zero-order chi connectivity index (χ0) is 21.2. The average Bonchev–Trinajstić information content (AvgIpc) is 2.87. The number of amides is 1. The van der Waals surface area contributed by atoms with Gasteiger partial charge in [-0.15, -0.1) is 0 Å². The molecule has 0 fully saturated rings. The van der Waals surface area contributed by atoms with Crippen molar-refractivity contribution in [2.24, 2.45) is 0 Å². The van der Waals surface area contributed by atoms with Gasteiger partial charge in [-0.05, 0) is 34.6 Å². The summed E-state index contributed by atoms with van der Waals surface area (Å²) in [5, 5.41) is 11.1. The molecule has 0 aliphatic rings. The van der Waals surface area contributed by atoms with Crippen molar-refractivity contribution in [1.82, 2.24) is 4.98 Å². The topological polar surface area (TPSA) is 97.8 Å². The lowest BCUT2D eigenvalue weighted by Gasteiger charge is -2.19. The molecule has 2 rings (SSSR count). The van der Waals surface area contributed by atoms with E-state index in [1.807, 2.05) is 0 Å². The first-order valence-electron chi connectivity index (χ1n) is 8.27. The van der Waals surface area contributed by atoms with Crippen molar-refractivity contribution in [3.8, 4) is 16.3 Å². The van der Waals surface area contributed by atoms with Crippen molar-refractivity contribution in [2.45, 2.75) is 46.3 Å². The molecule has 0 radical (unpaired) electrons. The fourth-order valence-electron chi connectivity index (χ4n) is 2.15. The number of rotatable bonds is 5. The molecule has 0 spiro atoms. The lowest BCUT2D eigenvalue weighted by molar-refractivity contribution is 0.0636. The van der Waals surface area contributed by atoms with Crippen molar-refractivity contribution >= 4 is 28.4 Å². The van der Waals surface area contributed by atoms with Gasteiger partial charge in [0, 0.05) is 12.1 Å². The van der Waals surface area contributed by atoms with Crippen LogP contribution in [0.5, 0.6) is 5.75 Å². The van der Waals surface area contributed by atoms with Gasteiger partial charge < -0.3 is 14.6 Å². The molecular formula is C18H20F2N2O5S. The van der Waals surface area contributed by atoms with E-state index in [9.17, 15) is 23.5 Å². The summed E-state index contributed by atoms with van der Waals surface area (Å²) in [4.78, 5) is 27.1. The standard InChI is InChI=1S/C18H20F2N2O5S/c1-8(2)26-9-6-10(19)12(11(20)7-9)14-21-13(16(23)24)15(28-14)22-17(25)27-18(3,4)5/h6-8H,1-5H3,(H,22,25)(H,23,24). The van der Waals surface area contributed by atoms with Crippen molar-refractivity contribution in [3.63, 3.8) is 0 Å². The van der Waals surface area contributed by atoms with Crippen LogP contribution in [-0.4, -0.2) is 33.9 Å². The Labute approximate surface area is 164 Å². The number of hydrogen-bond acceptors (Lipinski definition) is 6. The SMILES string of the molecule is CC(C)Oc1cc(F)c(-c2nc(C(=O)O)c(NC(=O)OC(C)(C)C)s2)c(F)c1. The summed E-state index contributed by atoms with van der Waals surface area (Å²) in [6, 6.07) is 1.97. The number of carbonyl (C=O) groups is 2. The van der Waals surface area contributed by atoms with Crippen molar-refractivity contribution in [2.75, 3.05) is 5.32 Å². The quantitative estimate of drug-likeness (QED) is 0.721. The highest BCUT2D eigenvalue weighted by Gasteiger charge is 2.26. The summed E-state index contributed by atoms with van der Waals surface area (Å²) in [6.45, 7) is 8.31. The minimum Gasteiger partial charge on any atom is -0.491 e. The molecule has 2 N–H and O–H groups in total. The summed E-state index contributed by atoms with van der Waals surface area (Å²) in [5.41, 5.74) is -1.88. The second-order valence-corrected chi connectivity index (χ2v) is 8.06. The Hall–Kier alpha value is -2.75. The fraction of sp³-hybridized carbons (Fsp3) is 0.389. The van der Waals surface area contributed by atoms with Gasteiger partial charge in [0.15, 0.2) is 5.69 Å². The number of carboxylic acids is 1. The summed E-state index contributed by atoms with van der Waals surface area (Å²) >= 11 is 0.619. The molecule has 0 saturated carbocycles. The van der Waals surface area contributed by atoms with Crippen molar-refractivity contribution in [1.29, 1.82) is 0 Å². The third kappa shape index (κ3) is 5.38. The Kier molecular flexibility index (Phi) is 6.23. The van der Waals surface area contributed by atoms with Crippen LogP contribution in [0.3, 0.4) is 0 Å². The highest BCUT2D eigenvalue weighted by Crippen LogP contribution is 2.37. The van der Waals surface area contributed by atoms with Crippen LogP contribution >= 0.6 is 11.3 Å². The Bertz CT molecular complexity index is 883. The third-order valence-corrected chi connectivity index (χ3v) is 4.03. The number of ether oxygens (including phenoxy) is 2. The van der Waals surface area contributed by atoms with Gasteiger partial charge in [0.05, 0.1) is 11.7 Å². The van der Waals surface area contributed by atoms with Crippen LogP contribution in [0.1, 0.15) is 45.1 Å². The Morgan fingerprint density at radius 2 is 1.79 bits per heavy atom. The molecule has 7 nitrogen and oxygen atoms in total. The molecule has 152 valence electrons. The lowest BCUT2D eigenvalue weighted by Crippen LogP contribution is -2.27. The zero-order valence-electron chi connectivity index (χ0n) is 15.9. The summed E-state index contributed by atoms with van der Waals surface area (Å²) in [6.07, 6.45) is -1.19. The second-order valence-electron chi connectivity index (χ2n) is 7.06. The molecule has 10 heteroatoms. The van der Waals surface area contributed by atoms with Crippen LogP contribution in [0.4, 0.5) is 18.6 Å². The maximum Gasteiger partial charge on any atom is 0.412 e. The van der Waals surface area contributed by atoms with E-state index in [0.29, 0.717) is 11.3 Å². The van der Waals surface area contributed by atoms with E-state index in [-0.39, 0.29) is 21.9 Å². The minimum atomic E-state index is -1.46. The van der Waals surface area contributed by atoms with Gasteiger partial charge in [-0.1, -0.05) is 11.3 Å². The number of aromatic carboxylic acids is 1. The number of nitrogens with one attached hydrogen (secondary N) is 1. The molecule has 2 aromatic rings. The van der Waals surface area contributed by atoms with Crippen LogP contribution in [0.2, 0.25) is 0 Å². The molecule has 1 amide bonds. The van der Waals surface area contributed by atoms with Crippen molar-refractivity contribution < 1.29 is 33.0 Å². The molecule has 28 heavy (non-hydrogen) atoms. The minimum absolute atomic E-state index is 0.00383. The largest absolute Gasteiger partial charge is 0.491 e. The molecule has 0 aliphatic carbocycles. The van der Waals surface area contributed by atoms with Crippen LogP contribution in [0, 0.1) is 11.6 Å². The number of aromatic nitrogens is 1. The number of hydrogen-bond donors (Lipinski definition) is 2. The summed E-state index contributed by atoms with van der Waals surface area (Å²) < 4.78 is 39.3. The lowest BCUT2D eigenvalue weighted by atomic mass is 10.2. The molecule has 0 aliphatic heterocycles. The van der Waals surface area contributed by atoms with E-state index in [0.717, 1.165) is 12.1 Å². The number of halogens is 2. The predicted molar refractivity (Wildman–Crippen MR) is 100 cm³/mol. The van der Waals surface area contributed by atoms with Gasteiger partial charge in [-0.25, -0.2) is 23.4 Å². The molecule has 1 heterocycles. The number of carbonyl (C=O) groups excluding carboxylic acids is 1. The van der Waals surface area contributed by atoms with Gasteiger partial charge in [-0.3, -0.25) is 5.32 Å². The molecule has 1 aromatic heterocycles. The zero-order valence-corrected chi connectivity index (χ0v) is 16.7. The normalized spacial score (nSPS) is 11.4. The monoisotopic (exact) mass is 414 g/mol. The third-order valence-electron chi connectivity index (χ3n) is 3.05. The van der Waals surface area contributed by atoms with E-state index >= 15 is 0 Å². The fourth-order valence-corrected chi connectivity index (χ4v) is 3.14. The van der Waals surface area contributed by atoms with Crippen molar-refractivity contribution in [3.05, 3.63) is 29.5 Å².